The van der Waals surface area contributed by atoms with E-state index < -0.39 is 30.9 Å². The van der Waals surface area contributed by atoms with Crippen LogP contribution >= 0.6 is 0 Å². The number of hydrogen-bond acceptors (Lipinski definition) is 2. The van der Waals surface area contributed by atoms with E-state index in [0.29, 0.717) is 0 Å². The van der Waals surface area contributed by atoms with Crippen LogP contribution < -0.4 is 0 Å². The first kappa shape index (κ1) is 21.2. The van der Waals surface area contributed by atoms with Gasteiger partial charge in [0, 0.05) is 0 Å². The molecule has 0 bridgehead atoms. The first-order valence-corrected chi connectivity index (χ1v) is 8.62. The number of carboxylic acid groups (broad SMARTS) is 1. The molecule has 0 saturated carbocycles. The molecule has 0 spiro atoms. The Morgan fingerprint density at radius 2 is 1.21 bits per heavy atom. The van der Waals surface area contributed by atoms with Gasteiger partial charge in [-0.1, -0.05) is 59.3 Å². The number of aliphatic carboxylic acids is 1. The maximum atomic E-state index is 11.5. The van der Waals surface area contributed by atoms with Gasteiger partial charge in [0.1, 0.15) is 0 Å². The average Bonchev–Trinajstić information content (AvgIpc) is 2.39. The number of rotatable bonds is 10. The fourth-order valence-corrected chi connectivity index (χ4v) is 2.24. The molecule has 0 unspecified atom stereocenters. The van der Waals surface area contributed by atoms with E-state index in [1.54, 1.807) is 0 Å². The van der Waals surface area contributed by atoms with Crippen molar-refractivity contribution in [1.82, 2.24) is 0 Å². The Labute approximate surface area is 126 Å². The zero-order valence-electron chi connectivity index (χ0n) is 12.6. The summed E-state index contributed by atoms with van der Waals surface area (Å²) in [5, 5.41) is 9.50. The van der Waals surface area contributed by atoms with Gasteiger partial charge < -0.3 is 5.11 Å². The van der Waals surface area contributed by atoms with E-state index in [4.69, 9.17) is 7.01 Å². The van der Waals surface area contributed by atoms with Crippen molar-refractivity contribution in [3.63, 3.8) is 0 Å². The average molecular weight is 309 g/mol. The molecule has 0 aromatic rings. The van der Waals surface area contributed by atoms with E-state index in [1.165, 1.54) is 0 Å². The molecule has 0 fully saturated rings. The van der Waals surface area contributed by atoms with Crippen LogP contribution in [-0.4, -0.2) is 14.8 Å². The maximum absolute atomic E-state index is 11.5. The predicted octanol–water partition coefficient (Wildman–Crippen LogP) is 3.95. The van der Waals surface area contributed by atoms with Crippen molar-refractivity contribution in [2.24, 2.45) is 5.41 Å². The van der Waals surface area contributed by atoms with Crippen LogP contribution in [0, 0.1) is 5.41 Å². The van der Waals surface area contributed by atoms with Gasteiger partial charge in [0.2, 0.25) is 0 Å². The van der Waals surface area contributed by atoms with Crippen LogP contribution in [0.4, 0.5) is 0 Å². The zero-order chi connectivity index (χ0) is 15.1. The molecule has 5 heteroatoms. The summed E-state index contributed by atoms with van der Waals surface area (Å²) in [6.45, 7) is 6.39. The molecular weight excluding hydrogens is 280 g/mol. The molecule has 0 aliphatic carbocycles. The monoisotopic (exact) mass is 309 g/mol. The van der Waals surface area contributed by atoms with Crippen LogP contribution in [0.25, 0.3) is 0 Å². The minimum atomic E-state index is -1.75. The van der Waals surface area contributed by atoms with Gasteiger partial charge in [-0.2, -0.15) is 0 Å². The molecule has 0 heterocycles. The Kier molecular flexibility index (Phi) is 16.1. The van der Waals surface area contributed by atoms with Gasteiger partial charge in [-0.3, -0.25) is 4.79 Å². The van der Waals surface area contributed by atoms with E-state index in [-0.39, 0.29) is 0 Å². The second-order valence-corrected chi connectivity index (χ2v) is 5.27. The van der Waals surface area contributed by atoms with Gasteiger partial charge in [0.15, 0.2) is 0 Å². The van der Waals surface area contributed by atoms with Gasteiger partial charge in [0.25, 0.3) is 0 Å². The SMILES string of the molecule is CCCCC(CCCC)(CCCC)C(=O)O.[O]=[Ti][OH]. The number of unbranched alkanes of at least 4 members (excludes halogenated alkanes) is 3. The van der Waals surface area contributed by atoms with Crippen LogP contribution in [-0.2, 0) is 27.6 Å². The van der Waals surface area contributed by atoms with Crippen molar-refractivity contribution in [2.45, 2.75) is 78.6 Å². The normalized spacial score (nSPS) is 10.3. The zero-order valence-corrected chi connectivity index (χ0v) is 14.1. The number of carboxylic acids is 1. The van der Waals surface area contributed by atoms with Gasteiger partial charge in [-0.05, 0) is 19.3 Å². The molecule has 0 rings (SSSR count). The first-order valence-electron chi connectivity index (χ1n) is 7.29. The quantitative estimate of drug-likeness (QED) is 0.599. The fraction of sp³-hybridized carbons (Fsp3) is 0.929. The molecule has 0 aliphatic rings. The van der Waals surface area contributed by atoms with Crippen molar-refractivity contribution in [2.75, 3.05) is 0 Å². The van der Waals surface area contributed by atoms with E-state index in [1.807, 2.05) is 0 Å². The molecule has 0 aliphatic heterocycles. The van der Waals surface area contributed by atoms with Crippen LogP contribution in [0.15, 0.2) is 0 Å². The van der Waals surface area contributed by atoms with Crippen molar-refractivity contribution >= 4 is 5.97 Å². The summed E-state index contributed by atoms with van der Waals surface area (Å²) in [7, 11) is 0. The Morgan fingerprint density at radius 3 is 1.37 bits per heavy atom. The fourth-order valence-electron chi connectivity index (χ4n) is 2.24. The first-order chi connectivity index (χ1) is 9.04. The van der Waals surface area contributed by atoms with Crippen LogP contribution in [0.2, 0.25) is 0 Å². The Hall–Kier alpha value is -0.0557. The van der Waals surface area contributed by atoms with Gasteiger partial charge >= 0.3 is 32.5 Å². The van der Waals surface area contributed by atoms with E-state index in [2.05, 4.69) is 20.8 Å². The summed E-state index contributed by atoms with van der Waals surface area (Å²) >= 11 is -1.75. The summed E-state index contributed by atoms with van der Waals surface area (Å²) in [5.41, 5.74) is -0.429. The summed E-state index contributed by atoms with van der Waals surface area (Å²) in [6, 6.07) is 0. The molecule has 0 amide bonds. The third-order valence-corrected chi connectivity index (χ3v) is 3.48. The molecule has 113 valence electrons. The predicted molar refractivity (Wildman–Crippen MR) is 71.5 cm³/mol. The van der Waals surface area contributed by atoms with Crippen molar-refractivity contribution in [3.8, 4) is 0 Å². The van der Waals surface area contributed by atoms with Gasteiger partial charge in [-0.15, -0.1) is 0 Å². The third-order valence-electron chi connectivity index (χ3n) is 3.48. The molecule has 4 nitrogen and oxygen atoms in total. The van der Waals surface area contributed by atoms with E-state index in [0.717, 1.165) is 57.8 Å². The molecular formula is C14H29O4Ti. The van der Waals surface area contributed by atoms with Crippen LogP contribution in [0.3, 0.4) is 0 Å². The number of carbonyl (C=O) groups is 1. The Morgan fingerprint density at radius 1 is 0.947 bits per heavy atom. The Balaban J connectivity index is 0. The summed E-state index contributed by atoms with van der Waals surface area (Å²) in [6.07, 6.45) is 8.98. The van der Waals surface area contributed by atoms with Crippen LogP contribution in [0.1, 0.15) is 78.6 Å². The topological polar surface area (TPSA) is 74.6 Å². The van der Waals surface area contributed by atoms with Crippen LogP contribution in [0.5, 0.6) is 0 Å². The molecule has 0 aromatic carbocycles. The molecule has 0 saturated heterocycles. The molecule has 0 atom stereocenters. The minimum absolute atomic E-state index is 0.429. The third kappa shape index (κ3) is 10.4. The van der Waals surface area contributed by atoms with Crippen molar-refractivity contribution in [3.05, 3.63) is 0 Å². The molecule has 2 N–H and O–H groups in total. The van der Waals surface area contributed by atoms with Gasteiger partial charge in [0.05, 0.1) is 5.41 Å². The Bertz CT molecular complexity index is 210. The standard InChI is InChI=1S/C14H28O2.H2O.O.Ti/c1-4-7-10-14(13(15)16,11-8-5-2)12-9-6-3;;;/h4-12H2,1-3H3,(H,15,16);1H2;;/q;;;+1/p-1. The molecule has 0 aromatic heterocycles. The molecule has 0 radical (unpaired) electrons. The summed E-state index contributed by atoms with van der Waals surface area (Å²) < 4.78 is 15.8. The van der Waals surface area contributed by atoms with Crippen molar-refractivity contribution < 1.29 is 36.4 Å². The summed E-state index contributed by atoms with van der Waals surface area (Å²) in [5.74, 6) is -0.567. The van der Waals surface area contributed by atoms with Crippen molar-refractivity contribution in [1.29, 1.82) is 0 Å². The van der Waals surface area contributed by atoms with E-state index in [9.17, 15) is 9.90 Å². The van der Waals surface area contributed by atoms with E-state index >= 15 is 0 Å². The number of hydrogen-bond donors (Lipinski definition) is 2. The summed E-state index contributed by atoms with van der Waals surface area (Å²) in [4.78, 5) is 11.5. The van der Waals surface area contributed by atoms with Gasteiger partial charge in [-0.25, -0.2) is 0 Å². The second-order valence-electron chi connectivity index (χ2n) is 4.99. The second kappa shape index (κ2) is 14.4. The molecule has 19 heavy (non-hydrogen) atoms.